The number of ether oxygens (including phenoxy) is 1. The molecule has 2 fully saturated rings. The fourth-order valence-electron chi connectivity index (χ4n) is 4.52. The number of nitrogens with zero attached hydrogens (tertiary/aromatic N) is 1. The molecule has 1 heterocycles. The lowest BCUT2D eigenvalue weighted by Gasteiger charge is -2.33. The van der Waals surface area contributed by atoms with Crippen molar-refractivity contribution in [1.29, 1.82) is 0 Å². The summed E-state index contributed by atoms with van der Waals surface area (Å²) in [5, 5.41) is 5.41. The minimum Gasteiger partial charge on any atom is -0.484 e. The second-order valence-corrected chi connectivity index (χ2v) is 9.15. The zero-order valence-electron chi connectivity index (χ0n) is 16.3. The maximum Gasteiger partial charge on any atom is 0.258 e. The molecule has 150 valence electrons. The molecule has 0 aromatic heterocycles. The number of carbonyl (C=O) groups excluding carboxylic acids is 1. The summed E-state index contributed by atoms with van der Waals surface area (Å²) in [6.07, 6.45) is 7.71. The molecule has 1 aliphatic carbocycles. The number of carbonyl (C=O) groups is 1. The lowest BCUT2D eigenvalue weighted by Crippen LogP contribution is -2.46. The minimum absolute atomic E-state index is 0.0230. The number of piperidine rings is 1. The fraction of sp³-hybridized carbons (Fsp3) is 0.522. The van der Waals surface area contributed by atoms with Gasteiger partial charge in [0.25, 0.3) is 5.91 Å². The van der Waals surface area contributed by atoms with Gasteiger partial charge in [0.1, 0.15) is 5.75 Å². The Morgan fingerprint density at radius 1 is 1.04 bits per heavy atom. The zero-order chi connectivity index (χ0) is 19.3. The monoisotopic (exact) mass is 444 g/mol. The first-order valence-corrected chi connectivity index (χ1v) is 11.3. The molecular weight excluding hydrogens is 416 g/mol. The maximum atomic E-state index is 12.3. The summed E-state index contributed by atoms with van der Waals surface area (Å²) in [5.74, 6) is 1.61. The van der Waals surface area contributed by atoms with Crippen molar-refractivity contribution in [2.45, 2.75) is 44.6 Å². The number of rotatable bonds is 6. The lowest BCUT2D eigenvalue weighted by atomic mass is 10.0. The van der Waals surface area contributed by atoms with Crippen molar-refractivity contribution in [3.8, 4) is 5.75 Å². The maximum absolute atomic E-state index is 12.3. The highest BCUT2D eigenvalue weighted by Gasteiger charge is 2.24. The van der Waals surface area contributed by atoms with Crippen LogP contribution in [0.15, 0.2) is 40.9 Å². The predicted molar refractivity (Wildman–Crippen MR) is 117 cm³/mol. The number of halogens is 1. The SMILES string of the molecule is O=C(COc1ccc2cc(Br)ccc2c1)NC1CCN(CC2CCCC2)CC1. The number of hydrogen-bond acceptors (Lipinski definition) is 3. The summed E-state index contributed by atoms with van der Waals surface area (Å²) in [6, 6.07) is 12.3. The van der Waals surface area contributed by atoms with Crippen molar-refractivity contribution in [1.82, 2.24) is 10.2 Å². The number of fused-ring (bicyclic) bond motifs is 1. The van der Waals surface area contributed by atoms with Crippen LogP contribution in [0.2, 0.25) is 0 Å². The second kappa shape index (κ2) is 9.27. The van der Waals surface area contributed by atoms with E-state index < -0.39 is 0 Å². The molecule has 2 aromatic carbocycles. The van der Waals surface area contributed by atoms with Gasteiger partial charge < -0.3 is 15.0 Å². The molecule has 2 aliphatic rings. The summed E-state index contributed by atoms with van der Waals surface area (Å²) in [6.45, 7) is 3.53. The van der Waals surface area contributed by atoms with Gasteiger partial charge in [-0.2, -0.15) is 0 Å². The van der Waals surface area contributed by atoms with Crippen molar-refractivity contribution < 1.29 is 9.53 Å². The van der Waals surface area contributed by atoms with Gasteiger partial charge in [0.15, 0.2) is 6.61 Å². The Balaban J connectivity index is 1.20. The van der Waals surface area contributed by atoms with Crippen LogP contribution >= 0.6 is 15.9 Å². The first-order valence-electron chi connectivity index (χ1n) is 10.5. The molecule has 1 saturated heterocycles. The van der Waals surface area contributed by atoms with E-state index in [0.717, 1.165) is 52.8 Å². The minimum atomic E-state index is -0.0230. The highest BCUT2D eigenvalue weighted by molar-refractivity contribution is 9.10. The highest BCUT2D eigenvalue weighted by Crippen LogP contribution is 2.27. The molecule has 0 radical (unpaired) electrons. The van der Waals surface area contributed by atoms with E-state index in [0.29, 0.717) is 0 Å². The number of nitrogens with one attached hydrogen (secondary N) is 1. The molecule has 4 nitrogen and oxygen atoms in total. The van der Waals surface area contributed by atoms with E-state index in [-0.39, 0.29) is 18.6 Å². The van der Waals surface area contributed by atoms with Gasteiger partial charge in [0.05, 0.1) is 0 Å². The van der Waals surface area contributed by atoms with E-state index in [1.807, 2.05) is 30.3 Å². The van der Waals surface area contributed by atoms with E-state index in [1.165, 1.54) is 32.2 Å². The Morgan fingerprint density at radius 3 is 2.54 bits per heavy atom. The van der Waals surface area contributed by atoms with E-state index in [1.54, 1.807) is 0 Å². The number of amides is 1. The van der Waals surface area contributed by atoms with Crippen molar-refractivity contribution in [3.63, 3.8) is 0 Å². The average molecular weight is 445 g/mol. The van der Waals surface area contributed by atoms with Crippen molar-refractivity contribution in [2.24, 2.45) is 5.92 Å². The molecule has 1 amide bonds. The number of benzene rings is 2. The molecule has 4 rings (SSSR count). The average Bonchev–Trinajstić information content (AvgIpc) is 3.21. The summed E-state index contributed by atoms with van der Waals surface area (Å²) < 4.78 is 6.78. The van der Waals surface area contributed by atoms with E-state index >= 15 is 0 Å². The third-order valence-corrected chi connectivity index (χ3v) is 6.58. The summed E-state index contributed by atoms with van der Waals surface area (Å²) in [7, 11) is 0. The van der Waals surface area contributed by atoms with Crippen LogP contribution in [-0.2, 0) is 4.79 Å². The molecular formula is C23H29BrN2O2. The van der Waals surface area contributed by atoms with Crippen LogP contribution in [0, 0.1) is 5.92 Å². The molecule has 0 spiro atoms. The number of likely N-dealkylation sites (tertiary alicyclic amines) is 1. The summed E-state index contributed by atoms with van der Waals surface area (Å²) in [4.78, 5) is 14.9. The topological polar surface area (TPSA) is 41.6 Å². The van der Waals surface area contributed by atoms with Crippen LogP contribution in [0.5, 0.6) is 5.75 Å². The Hall–Kier alpha value is -1.59. The van der Waals surface area contributed by atoms with Gasteiger partial charge >= 0.3 is 0 Å². The molecule has 0 atom stereocenters. The van der Waals surface area contributed by atoms with E-state index in [2.05, 4.69) is 32.2 Å². The molecule has 1 aliphatic heterocycles. The molecule has 2 aromatic rings. The Bertz CT molecular complexity index is 811. The molecule has 1 N–H and O–H groups in total. The van der Waals surface area contributed by atoms with Gasteiger partial charge in [-0.15, -0.1) is 0 Å². The third-order valence-electron chi connectivity index (χ3n) is 6.09. The lowest BCUT2D eigenvalue weighted by molar-refractivity contribution is -0.124. The first kappa shape index (κ1) is 19.7. The predicted octanol–water partition coefficient (Wildman–Crippen LogP) is 4.75. The Labute approximate surface area is 175 Å². The fourth-order valence-corrected chi connectivity index (χ4v) is 4.90. The van der Waals surface area contributed by atoms with Crippen molar-refractivity contribution >= 4 is 32.6 Å². The molecule has 1 saturated carbocycles. The van der Waals surface area contributed by atoms with Crippen LogP contribution in [0.1, 0.15) is 38.5 Å². The second-order valence-electron chi connectivity index (χ2n) is 8.23. The van der Waals surface area contributed by atoms with Crippen LogP contribution < -0.4 is 10.1 Å². The molecule has 28 heavy (non-hydrogen) atoms. The standard InChI is InChI=1S/C23H29BrN2O2/c24-20-7-5-19-14-22(8-6-18(19)13-20)28-16-23(27)25-21-9-11-26(12-10-21)15-17-3-1-2-4-17/h5-8,13-14,17,21H,1-4,9-12,15-16H2,(H,25,27). The van der Waals surface area contributed by atoms with Gasteiger partial charge in [-0.05, 0) is 66.6 Å². The normalized spacial score (nSPS) is 19.2. The van der Waals surface area contributed by atoms with Crippen molar-refractivity contribution in [2.75, 3.05) is 26.2 Å². The van der Waals surface area contributed by atoms with Gasteiger partial charge in [-0.1, -0.05) is 40.9 Å². The Morgan fingerprint density at radius 2 is 1.75 bits per heavy atom. The van der Waals surface area contributed by atoms with Gasteiger partial charge in [0.2, 0.25) is 0 Å². The smallest absolute Gasteiger partial charge is 0.258 e. The first-order chi connectivity index (χ1) is 13.7. The summed E-state index contributed by atoms with van der Waals surface area (Å²) >= 11 is 3.49. The molecule has 0 unspecified atom stereocenters. The van der Waals surface area contributed by atoms with Gasteiger partial charge in [0, 0.05) is 30.1 Å². The van der Waals surface area contributed by atoms with E-state index in [9.17, 15) is 4.79 Å². The van der Waals surface area contributed by atoms with Crippen LogP contribution in [0.25, 0.3) is 10.8 Å². The number of hydrogen-bond donors (Lipinski definition) is 1. The van der Waals surface area contributed by atoms with E-state index in [4.69, 9.17) is 4.74 Å². The van der Waals surface area contributed by atoms with Crippen LogP contribution in [0.3, 0.4) is 0 Å². The Kier molecular flexibility index (Phi) is 6.53. The third kappa shape index (κ3) is 5.26. The highest BCUT2D eigenvalue weighted by atomic mass is 79.9. The zero-order valence-corrected chi connectivity index (χ0v) is 17.9. The molecule has 5 heteroatoms. The van der Waals surface area contributed by atoms with Crippen LogP contribution in [0.4, 0.5) is 0 Å². The van der Waals surface area contributed by atoms with Crippen molar-refractivity contribution in [3.05, 3.63) is 40.9 Å². The summed E-state index contributed by atoms with van der Waals surface area (Å²) in [5.41, 5.74) is 0. The van der Waals surface area contributed by atoms with Gasteiger partial charge in [-0.25, -0.2) is 0 Å². The quantitative estimate of drug-likeness (QED) is 0.698. The van der Waals surface area contributed by atoms with Gasteiger partial charge in [-0.3, -0.25) is 4.79 Å². The largest absolute Gasteiger partial charge is 0.484 e. The van der Waals surface area contributed by atoms with Crippen LogP contribution in [-0.4, -0.2) is 43.1 Å². The molecule has 0 bridgehead atoms.